The molecule has 0 aliphatic rings. The molecule has 14 heavy (non-hydrogen) atoms. The minimum Gasteiger partial charge on any atom is -0.258 e. The molecule has 1 aromatic carbocycles. The number of nitro groups is 1. The van der Waals surface area contributed by atoms with E-state index in [9.17, 15) is 14.5 Å². The van der Waals surface area contributed by atoms with Gasteiger partial charge in [0.1, 0.15) is 0 Å². The van der Waals surface area contributed by atoms with E-state index < -0.39 is 16.4 Å². The van der Waals surface area contributed by atoms with Crippen LogP contribution in [0.15, 0.2) is 24.8 Å². The number of alkyl halides is 1. The Labute approximate surface area is 88.5 Å². The Morgan fingerprint density at radius 3 is 2.79 bits per heavy atom. The van der Waals surface area contributed by atoms with Gasteiger partial charge in [0.25, 0.3) is 0 Å². The third-order valence-corrected chi connectivity index (χ3v) is 2.39. The highest BCUT2D eigenvalue weighted by molar-refractivity contribution is 9.09. The fraction of sp³-hybridized carbons (Fsp3) is 0.111. The van der Waals surface area contributed by atoms with Crippen molar-refractivity contribution in [1.29, 1.82) is 0 Å². The van der Waals surface area contributed by atoms with E-state index in [2.05, 4.69) is 22.5 Å². The van der Waals surface area contributed by atoms with Crippen LogP contribution < -0.4 is 0 Å². The van der Waals surface area contributed by atoms with E-state index >= 15 is 0 Å². The van der Waals surface area contributed by atoms with Gasteiger partial charge in [-0.1, -0.05) is 34.6 Å². The van der Waals surface area contributed by atoms with E-state index in [0.717, 1.165) is 6.07 Å². The Hall–Kier alpha value is -1.23. The molecule has 1 aromatic rings. The van der Waals surface area contributed by atoms with E-state index in [-0.39, 0.29) is 5.56 Å². The maximum absolute atomic E-state index is 13.4. The van der Waals surface area contributed by atoms with Crippen molar-refractivity contribution in [3.63, 3.8) is 0 Å². The lowest BCUT2D eigenvalue weighted by molar-refractivity contribution is -0.387. The highest BCUT2D eigenvalue weighted by Crippen LogP contribution is 2.25. The first-order valence-corrected chi connectivity index (χ1v) is 4.87. The zero-order chi connectivity index (χ0) is 10.7. The van der Waals surface area contributed by atoms with Crippen LogP contribution in [0.5, 0.6) is 0 Å². The Kier molecular flexibility index (Phi) is 3.35. The summed E-state index contributed by atoms with van der Waals surface area (Å²) in [6.45, 7) is 3.60. The van der Waals surface area contributed by atoms with Gasteiger partial charge in [-0.3, -0.25) is 10.1 Å². The van der Waals surface area contributed by atoms with Gasteiger partial charge in [0.2, 0.25) is 5.82 Å². The molecule has 0 aliphatic heterocycles. The average molecular weight is 260 g/mol. The molecule has 0 saturated carbocycles. The summed E-state index contributed by atoms with van der Waals surface area (Å²) in [5, 5.41) is 10.8. The Bertz CT molecular complexity index is 392. The predicted octanol–water partition coefficient (Wildman–Crippen LogP) is 3.14. The molecule has 0 bridgehead atoms. The number of nitro benzene ring substituents is 1. The largest absolute Gasteiger partial charge is 0.305 e. The van der Waals surface area contributed by atoms with Crippen molar-refractivity contribution in [1.82, 2.24) is 0 Å². The minimum atomic E-state index is -0.832. The predicted molar refractivity (Wildman–Crippen MR) is 55.9 cm³/mol. The Morgan fingerprint density at radius 2 is 2.29 bits per heavy atom. The van der Waals surface area contributed by atoms with Crippen molar-refractivity contribution >= 4 is 27.2 Å². The summed E-state index contributed by atoms with van der Waals surface area (Å²) in [7, 11) is 0. The molecule has 0 atom stereocenters. The highest BCUT2D eigenvalue weighted by atomic mass is 79.9. The molecule has 1 rings (SSSR count). The standard InChI is InChI=1S/C9H7BrFNO2/c1-6(5-10)7-3-2-4-8(9(7)11)12(13)14/h2-4H,1,5H2. The second-order valence-corrected chi connectivity index (χ2v) is 3.19. The summed E-state index contributed by atoms with van der Waals surface area (Å²) in [6, 6.07) is 4.02. The van der Waals surface area contributed by atoms with Crippen molar-refractivity contribution in [2.24, 2.45) is 0 Å². The van der Waals surface area contributed by atoms with E-state index in [1.807, 2.05) is 0 Å². The molecular formula is C9H7BrFNO2. The topological polar surface area (TPSA) is 43.1 Å². The van der Waals surface area contributed by atoms with Crippen LogP contribution in [0.4, 0.5) is 10.1 Å². The first-order valence-electron chi connectivity index (χ1n) is 3.75. The van der Waals surface area contributed by atoms with Crippen LogP contribution >= 0.6 is 15.9 Å². The smallest absolute Gasteiger partial charge is 0.258 e. The number of halogens is 2. The van der Waals surface area contributed by atoms with Crippen molar-refractivity contribution in [3.05, 3.63) is 46.3 Å². The maximum atomic E-state index is 13.4. The van der Waals surface area contributed by atoms with E-state index in [1.165, 1.54) is 12.1 Å². The fourth-order valence-electron chi connectivity index (χ4n) is 1.01. The molecule has 74 valence electrons. The normalized spacial score (nSPS) is 9.86. The molecule has 5 heteroatoms. The second-order valence-electron chi connectivity index (χ2n) is 2.63. The molecule has 0 aliphatic carbocycles. The maximum Gasteiger partial charge on any atom is 0.305 e. The lowest BCUT2D eigenvalue weighted by Gasteiger charge is -2.03. The molecule has 0 heterocycles. The first-order chi connectivity index (χ1) is 6.57. The van der Waals surface area contributed by atoms with Crippen LogP contribution in [0.1, 0.15) is 5.56 Å². The van der Waals surface area contributed by atoms with E-state index in [4.69, 9.17) is 0 Å². The number of rotatable bonds is 3. The number of hydrogen-bond acceptors (Lipinski definition) is 2. The molecule has 0 saturated heterocycles. The molecule has 0 radical (unpaired) electrons. The van der Waals surface area contributed by atoms with Gasteiger partial charge >= 0.3 is 5.69 Å². The quantitative estimate of drug-likeness (QED) is 0.476. The molecule has 0 N–H and O–H groups in total. The third-order valence-electron chi connectivity index (χ3n) is 1.72. The SMILES string of the molecule is C=C(CBr)c1cccc([N+](=O)[O-])c1F. The van der Waals surface area contributed by atoms with Crippen LogP contribution in [0.3, 0.4) is 0 Å². The monoisotopic (exact) mass is 259 g/mol. The summed E-state index contributed by atoms with van der Waals surface area (Å²) < 4.78 is 13.4. The van der Waals surface area contributed by atoms with Crippen molar-refractivity contribution < 1.29 is 9.31 Å². The van der Waals surface area contributed by atoms with Gasteiger partial charge in [-0.15, -0.1) is 0 Å². The van der Waals surface area contributed by atoms with Gasteiger partial charge in [0, 0.05) is 17.0 Å². The molecule has 0 amide bonds. The Morgan fingerprint density at radius 1 is 1.64 bits per heavy atom. The van der Waals surface area contributed by atoms with Gasteiger partial charge in [0.15, 0.2) is 0 Å². The zero-order valence-corrected chi connectivity index (χ0v) is 8.75. The third kappa shape index (κ3) is 1.98. The van der Waals surface area contributed by atoms with Crippen LogP contribution in [-0.4, -0.2) is 10.3 Å². The van der Waals surface area contributed by atoms with Crippen LogP contribution in [0.2, 0.25) is 0 Å². The molecule has 0 spiro atoms. The Balaban J connectivity index is 3.27. The van der Waals surface area contributed by atoms with Gasteiger partial charge in [-0.2, -0.15) is 4.39 Å². The van der Waals surface area contributed by atoms with Crippen molar-refractivity contribution in [3.8, 4) is 0 Å². The van der Waals surface area contributed by atoms with Gasteiger partial charge < -0.3 is 0 Å². The fourth-order valence-corrected chi connectivity index (χ4v) is 1.31. The summed E-state index contributed by atoms with van der Waals surface area (Å²) in [5.74, 6) is -0.832. The summed E-state index contributed by atoms with van der Waals surface area (Å²) in [5.41, 5.74) is 0.131. The lowest BCUT2D eigenvalue weighted by atomic mass is 10.1. The number of hydrogen-bond donors (Lipinski definition) is 0. The molecular weight excluding hydrogens is 253 g/mol. The average Bonchev–Trinajstić information content (AvgIpc) is 2.16. The zero-order valence-electron chi connectivity index (χ0n) is 7.17. The number of benzene rings is 1. The molecule has 0 unspecified atom stereocenters. The molecule has 3 nitrogen and oxygen atoms in total. The summed E-state index contributed by atoms with van der Waals surface area (Å²) >= 11 is 3.11. The van der Waals surface area contributed by atoms with E-state index in [1.54, 1.807) is 0 Å². The van der Waals surface area contributed by atoms with Gasteiger partial charge in [-0.05, 0) is 5.57 Å². The second kappa shape index (κ2) is 4.32. The minimum absolute atomic E-state index is 0.177. The van der Waals surface area contributed by atoms with Gasteiger partial charge in [-0.25, -0.2) is 0 Å². The lowest BCUT2D eigenvalue weighted by Crippen LogP contribution is -1.97. The highest BCUT2D eigenvalue weighted by Gasteiger charge is 2.17. The number of allylic oxidation sites excluding steroid dienone is 1. The van der Waals surface area contributed by atoms with E-state index in [0.29, 0.717) is 10.9 Å². The van der Waals surface area contributed by atoms with Crippen LogP contribution in [0.25, 0.3) is 5.57 Å². The van der Waals surface area contributed by atoms with Crippen molar-refractivity contribution in [2.75, 3.05) is 5.33 Å². The van der Waals surface area contributed by atoms with Crippen molar-refractivity contribution in [2.45, 2.75) is 0 Å². The summed E-state index contributed by atoms with van der Waals surface area (Å²) in [6.07, 6.45) is 0. The first kappa shape index (κ1) is 10.8. The molecule has 0 fully saturated rings. The number of nitrogens with zero attached hydrogens (tertiary/aromatic N) is 1. The van der Waals surface area contributed by atoms with Crippen LogP contribution in [0, 0.1) is 15.9 Å². The molecule has 0 aromatic heterocycles. The van der Waals surface area contributed by atoms with Gasteiger partial charge in [0.05, 0.1) is 4.92 Å². The van der Waals surface area contributed by atoms with Crippen LogP contribution in [-0.2, 0) is 0 Å². The summed E-state index contributed by atoms with van der Waals surface area (Å²) in [4.78, 5) is 9.66.